The van der Waals surface area contributed by atoms with Gasteiger partial charge in [0, 0.05) is 17.6 Å². The third-order valence-electron chi connectivity index (χ3n) is 7.45. The maximum atomic E-state index is 14.4. The van der Waals surface area contributed by atoms with E-state index in [0.29, 0.717) is 5.39 Å². The van der Waals surface area contributed by atoms with Gasteiger partial charge in [-0.3, -0.25) is 28.5 Å². The fraction of sp³-hybridized carbons (Fsp3) is 0.467. The molecule has 1 aliphatic heterocycles. The number of hydrogen-bond donors (Lipinski definition) is 3. The van der Waals surface area contributed by atoms with Gasteiger partial charge in [0.1, 0.15) is 37.9 Å². The zero-order chi connectivity index (χ0) is 34.7. The van der Waals surface area contributed by atoms with Crippen LogP contribution in [0, 0.1) is 5.92 Å². The number of alkyl halides is 1. The number of fused-ring (bicyclic) bond motifs is 1. The summed E-state index contributed by atoms with van der Waals surface area (Å²) in [6.45, 7) is 7.68. The number of H-pyrrole nitrogens is 1. The number of ether oxygens (including phenoxy) is 3. The summed E-state index contributed by atoms with van der Waals surface area (Å²) in [7, 11) is -2.98. The van der Waals surface area contributed by atoms with Crippen molar-refractivity contribution in [3.8, 4) is 5.75 Å². The van der Waals surface area contributed by atoms with Crippen LogP contribution in [-0.4, -0.2) is 71.1 Å². The second-order valence-corrected chi connectivity index (χ2v) is 14.5. The summed E-state index contributed by atoms with van der Waals surface area (Å²) in [4.78, 5) is 52.4. The lowest BCUT2D eigenvalue weighted by atomic mass is 9.79. The Kier molecular flexibility index (Phi) is 11.4. The highest BCUT2D eigenvalue weighted by Gasteiger charge is 2.57. The van der Waals surface area contributed by atoms with E-state index in [4.69, 9.17) is 40.6 Å². The Morgan fingerprint density at radius 1 is 1.11 bits per heavy atom. The molecule has 1 fully saturated rings. The van der Waals surface area contributed by atoms with Crippen molar-refractivity contribution in [2.45, 2.75) is 76.0 Å². The van der Waals surface area contributed by atoms with Gasteiger partial charge in [0.2, 0.25) is 0 Å². The molecule has 4 rings (SSSR count). The first-order chi connectivity index (χ1) is 22.0. The molecule has 2 heterocycles. The Balaban J connectivity index is 1.69. The van der Waals surface area contributed by atoms with Crippen LogP contribution < -0.4 is 26.6 Å². The van der Waals surface area contributed by atoms with Crippen molar-refractivity contribution in [2.24, 2.45) is 11.7 Å². The van der Waals surface area contributed by atoms with Gasteiger partial charge < -0.3 is 24.5 Å². The molecule has 254 valence electrons. The van der Waals surface area contributed by atoms with Gasteiger partial charge >= 0.3 is 25.4 Å². The minimum atomic E-state index is -4.45. The predicted octanol–water partition coefficient (Wildman–Crippen LogP) is 2.18. The zero-order valence-electron chi connectivity index (χ0n) is 26.9. The number of hydrogen-bond acceptors (Lipinski definition) is 11. The number of aromatic nitrogens is 2. The first-order valence-corrected chi connectivity index (χ1v) is 17.0. The highest BCUT2D eigenvalue weighted by molar-refractivity contribution is 7.52. The Morgan fingerprint density at radius 2 is 1.79 bits per heavy atom. The Bertz CT molecular complexity index is 1760. The van der Waals surface area contributed by atoms with Gasteiger partial charge in [-0.2, -0.15) is 5.09 Å². The first-order valence-electron chi connectivity index (χ1n) is 15.0. The molecule has 1 saturated heterocycles. The molecule has 0 amide bonds. The highest BCUT2D eigenvalue weighted by Crippen LogP contribution is 2.49. The van der Waals surface area contributed by atoms with Crippen LogP contribution in [-0.2, 0) is 32.9 Å². The van der Waals surface area contributed by atoms with E-state index in [1.807, 2.05) is 18.2 Å². The number of rotatable bonds is 13. The van der Waals surface area contributed by atoms with E-state index in [-0.39, 0.29) is 11.7 Å². The molecule has 0 bridgehead atoms. The Hall–Kier alpha value is -3.46. The van der Waals surface area contributed by atoms with Crippen molar-refractivity contribution in [3.63, 3.8) is 0 Å². The predicted molar refractivity (Wildman–Crippen MR) is 177 cm³/mol. The molecular formula is C30H39BClN4O10P. The average molecular weight is 693 g/mol. The smallest absolute Gasteiger partial charge is 0.459 e. The Morgan fingerprint density at radius 3 is 2.45 bits per heavy atom. The van der Waals surface area contributed by atoms with E-state index in [0.717, 1.165) is 16.0 Å². The fourth-order valence-corrected chi connectivity index (χ4v) is 6.77. The van der Waals surface area contributed by atoms with Crippen molar-refractivity contribution in [2.75, 3.05) is 6.61 Å². The molecule has 1 aliphatic rings. The first kappa shape index (κ1) is 36.4. The number of nitrogens with one attached hydrogen (secondary N) is 2. The number of carbonyl (C=O) groups excluding carboxylic acids is 2. The minimum absolute atomic E-state index is 0.196. The SMILES string of the molecule is B[C@]1(Cl)[C@H](OC(=O)[C@@H](N)C(C)C)[C@@H](CO[P@@](=O)(N[C@@H](C)C(=O)OC(C)C)Oc2cccc3ccccc23)O[C@H]1n1ccc(=O)[nH]c1=O. The van der Waals surface area contributed by atoms with E-state index in [9.17, 15) is 23.7 Å². The van der Waals surface area contributed by atoms with Crippen LogP contribution in [0.3, 0.4) is 0 Å². The molecule has 7 atom stereocenters. The quantitative estimate of drug-likeness (QED) is 0.103. The molecule has 0 aliphatic carbocycles. The summed E-state index contributed by atoms with van der Waals surface area (Å²) in [6.07, 6.45) is -3.10. The van der Waals surface area contributed by atoms with Crippen molar-refractivity contribution in [1.29, 1.82) is 0 Å². The number of aromatic amines is 1. The van der Waals surface area contributed by atoms with Crippen LogP contribution in [0.4, 0.5) is 0 Å². The zero-order valence-corrected chi connectivity index (χ0v) is 28.5. The van der Waals surface area contributed by atoms with Crippen LogP contribution in [0.2, 0.25) is 0 Å². The van der Waals surface area contributed by atoms with E-state index in [2.05, 4.69) is 10.1 Å². The van der Waals surface area contributed by atoms with Crippen molar-refractivity contribution in [3.05, 3.63) is 75.6 Å². The number of nitrogens with zero attached hydrogens (tertiary/aromatic N) is 1. The lowest BCUT2D eigenvalue weighted by Crippen LogP contribution is -2.50. The maximum absolute atomic E-state index is 14.4. The standard InChI is InChI=1S/C30H39BClN4O10P/c1-16(2)24(33)27(39)45-25-22(44-28(30(25,31)32)36-14-13-23(37)34-29(36)40)15-42-47(41,35-18(5)26(38)43-17(3)4)46-21-12-8-10-19-9-6-7-11-20(19)21/h6-14,16-18,22,24-25,28H,15,31,33H2,1-5H3,(H,35,41)(H,34,37,40)/t18-,22+,24-,25+,28+,30-,47-/m0/s1. The van der Waals surface area contributed by atoms with Crippen LogP contribution in [0.15, 0.2) is 64.3 Å². The van der Waals surface area contributed by atoms with E-state index in [1.54, 1.807) is 52.0 Å². The molecule has 3 aromatic rings. The summed E-state index contributed by atoms with van der Waals surface area (Å²) >= 11 is 6.96. The highest BCUT2D eigenvalue weighted by atomic mass is 35.5. The van der Waals surface area contributed by atoms with Gasteiger partial charge in [0.05, 0.1) is 17.5 Å². The van der Waals surface area contributed by atoms with Crippen molar-refractivity contribution >= 4 is 49.9 Å². The monoisotopic (exact) mass is 692 g/mol. The molecule has 1 aromatic heterocycles. The number of benzene rings is 2. The van der Waals surface area contributed by atoms with Gasteiger partial charge in [0.15, 0.2) is 6.23 Å². The molecule has 0 radical (unpaired) electrons. The van der Waals surface area contributed by atoms with Gasteiger partial charge in [-0.15, -0.1) is 11.6 Å². The van der Waals surface area contributed by atoms with Crippen LogP contribution in [0.5, 0.6) is 5.75 Å². The number of carbonyl (C=O) groups is 2. The molecule has 0 spiro atoms. The molecular weight excluding hydrogens is 654 g/mol. The van der Waals surface area contributed by atoms with Crippen LogP contribution in [0.1, 0.15) is 40.8 Å². The van der Waals surface area contributed by atoms with Crippen molar-refractivity contribution < 1.29 is 37.4 Å². The molecule has 2 aromatic carbocycles. The largest absolute Gasteiger partial charge is 0.462 e. The number of nitrogens with two attached hydrogens (primary N) is 1. The number of halogens is 1. The summed E-state index contributed by atoms with van der Waals surface area (Å²) < 4.78 is 42.9. The second kappa shape index (κ2) is 14.8. The third-order valence-corrected chi connectivity index (χ3v) is 9.48. The fourth-order valence-electron chi connectivity index (χ4n) is 4.91. The van der Waals surface area contributed by atoms with E-state index >= 15 is 0 Å². The van der Waals surface area contributed by atoms with Gasteiger partial charge in [-0.05, 0) is 38.1 Å². The summed E-state index contributed by atoms with van der Waals surface area (Å²) in [5.41, 5.74) is 4.57. The maximum Gasteiger partial charge on any atom is 0.459 e. The topological polar surface area (TPSA) is 190 Å². The lowest BCUT2D eigenvalue weighted by Gasteiger charge is -2.31. The summed E-state index contributed by atoms with van der Waals surface area (Å²) in [6, 6.07) is 11.3. The van der Waals surface area contributed by atoms with Crippen LogP contribution >= 0.6 is 19.3 Å². The minimum Gasteiger partial charge on any atom is -0.462 e. The van der Waals surface area contributed by atoms with Crippen molar-refractivity contribution in [1.82, 2.24) is 14.6 Å². The number of esters is 2. The molecule has 4 N–H and O–H groups in total. The van der Waals surface area contributed by atoms with Gasteiger partial charge in [-0.1, -0.05) is 50.2 Å². The van der Waals surface area contributed by atoms with Gasteiger partial charge in [-0.25, -0.2) is 9.36 Å². The molecule has 0 saturated carbocycles. The molecule has 0 unspecified atom stereocenters. The van der Waals surface area contributed by atoms with E-state index < -0.39 is 78.9 Å². The Labute approximate surface area is 277 Å². The van der Waals surface area contributed by atoms with E-state index in [1.165, 1.54) is 21.0 Å². The summed E-state index contributed by atoms with van der Waals surface area (Å²) in [5.74, 6) is -1.59. The lowest BCUT2D eigenvalue weighted by molar-refractivity contribution is -0.156. The van der Waals surface area contributed by atoms with Crippen LogP contribution in [0.25, 0.3) is 10.8 Å². The molecule has 14 nitrogen and oxygen atoms in total. The normalized spacial score (nSPS) is 23.7. The summed E-state index contributed by atoms with van der Waals surface area (Å²) in [5, 5.41) is 4.04. The third kappa shape index (κ3) is 8.53. The molecule has 17 heteroatoms. The molecule has 47 heavy (non-hydrogen) atoms. The second-order valence-electron chi connectivity index (χ2n) is 12.0. The average Bonchev–Trinajstić information content (AvgIpc) is 3.24. The van der Waals surface area contributed by atoms with Gasteiger partial charge in [0.25, 0.3) is 5.56 Å².